The standard InChI is InChI=1S/C20H20N6O2/c1-24-10-8-22-17(24)16-20(13-5-3-4-6-14(13)23-19(20)28)7-9-26(16)18(27)15-11-21-12-25(15)2/h3-6,8,10-12,16H,7,9H2,1-2H3,(H,23,28)/t16-,20+/m0/s1. The molecule has 1 aromatic carbocycles. The average Bonchev–Trinajstić information content (AvgIpc) is 3.43. The Labute approximate surface area is 161 Å². The number of nitrogens with zero attached hydrogens (tertiary/aromatic N) is 5. The van der Waals surface area contributed by atoms with Crippen LogP contribution in [-0.2, 0) is 24.3 Å². The molecule has 142 valence electrons. The van der Waals surface area contributed by atoms with Gasteiger partial charge in [0.15, 0.2) is 0 Å². The first-order valence-corrected chi connectivity index (χ1v) is 9.19. The van der Waals surface area contributed by atoms with Crippen LogP contribution in [0.3, 0.4) is 0 Å². The molecule has 2 aliphatic rings. The smallest absolute Gasteiger partial charge is 0.272 e. The van der Waals surface area contributed by atoms with Gasteiger partial charge in [-0.1, -0.05) is 18.2 Å². The molecule has 1 spiro atoms. The van der Waals surface area contributed by atoms with Gasteiger partial charge in [-0.3, -0.25) is 9.59 Å². The van der Waals surface area contributed by atoms with Gasteiger partial charge >= 0.3 is 0 Å². The van der Waals surface area contributed by atoms with Crippen molar-refractivity contribution in [1.29, 1.82) is 0 Å². The third-order valence-corrected chi connectivity index (χ3v) is 5.99. The van der Waals surface area contributed by atoms with Gasteiger partial charge in [0, 0.05) is 38.7 Å². The third-order valence-electron chi connectivity index (χ3n) is 5.99. The number of carbonyl (C=O) groups is 2. The van der Waals surface area contributed by atoms with Crippen molar-refractivity contribution < 1.29 is 9.59 Å². The zero-order chi connectivity index (χ0) is 19.5. The Morgan fingerprint density at radius 2 is 2.07 bits per heavy atom. The highest BCUT2D eigenvalue weighted by Gasteiger charge is 2.60. The summed E-state index contributed by atoms with van der Waals surface area (Å²) in [5.41, 5.74) is 1.36. The predicted octanol–water partition coefficient (Wildman–Crippen LogP) is 1.63. The molecule has 2 aromatic heterocycles. The number of hydrogen-bond donors (Lipinski definition) is 1. The van der Waals surface area contributed by atoms with Crippen molar-refractivity contribution in [3.8, 4) is 0 Å². The second kappa shape index (κ2) is 5.79. The van der Waals surface area contributed by atoms with Crippen LogP contribution >= 0.6 is 0 Å². The number of rotatable bonds is 2. The van der Waals surface area contributed by atoms with Crippen LogP contribution in [0.4, 0.5) is 5.69 Å². The number of likely N-dealkylation sites (tertiary alicyclic amines) is 1. The van der Waals surface area contributed by atoms with Gasteiger partial charge in [-0.25, -0.2) is 9.97 Å². The van der Waals surface area contributed by atoms with E-state index in [0.717, 1.165) is 11.3 Å². The Bertz CT molecular complexity index is 1100. The Morgan fingerprint density at radius 3 is 2.79 bits per heavy atom. The first-order chi connectivity index (χ1) is 13.5. The number of amides is 2. The highest BCUT2D eigenvalue weighted by molar-refractivity contribution is 6.08. The molecule has 0 unspecified atom stereocenters. The average molecular weight is 376 g/mol. The second-order valence-corrected chi connectivity index (χ2v) is 7.41. The number of benzene rings is 1. The van der Waals surface area contributed by atoms with Crippen LogP contribution in [0.5, 0.6) is 0 Å². The molecular formula is C20H20N6O2. The zero-order valence-corrected chi connectivity index (χ0v) is 15.7. The first-order valence-electron chi connectivity index (χ1n) is 9.19. The van der Waals surface area contributed by atoms with Crippen molar-refractivity contribution in [3.63, 3.8) is 0 Å². The molecular weight excluding hydrogens is 356 g/mol. The van der Waals surface area contributed by atoms with E-state index >= 15 is 0 Å². The number of carbonyl (C=O) groups excluding carboxylic acids is 2. The fourth-order valence-corrected chi connectivity index (χ4v) is 4.62. The summed E-state index contributed by atoms with van der Waals surface area (Å²) in [6, 6.07) is 7.21. The molecule has 1 saturated heterocycles. The maximum Gasteiger partial charge on any atom is 0.272 e. The molecule has 8 heteroatoms. The number of aromatic nitrogens is 4. The molecule has 1 fully saturated rings. The highest BCUT2D eigenvalue weighted by atomic mass is 16.2. The van der Waals surface area contributed by atoms with Crippen molar-refractivity contribution in [3.05, 3.63) is 66.3 Å². The van der Waals surface area contributed by atoms with E-state index in [1.54, 1.807) is 35.2 Å². The van der Waals surface area contributed by atoms with Gasteiger partial charge in [0.05, 0.1) is 12.5 Å². The van der Waals surface area contributed by atoms with E-state index in [1.807, 2.05) is 42.1 Å². The number of fused-ring (bicyclic) bond motifs is 2. The van der Waals surface area contributed by atoms with Crippen molar-refractivity contribution in [1.82, 2.24) is 24.0 Å². The van der Waals surface area contributed by atoms with Crippen LogP contribution in [0.15, 0.2) is 49.2 Å². The van der Waals surface area contributed by atoms with Crippen LogP contribution in [0.2, 0.25) is 0 Å². The summed E-state index contributed by atoms with van der Waals surface area (Å²) in [7, 11) is 3.68. The molecule has 2 atom stereocenters. The number of para-hydroxylation sites is 1. The van der Waals surface area contributed by atoms with Gasteiger partial charge in [0.1, 0.15) is 23.0 Å². The molecule has 0 bridgehead atoms. The molecule has 3 aromatic rings. The first kappa shape index (κ1) is 16.7. The molecule has 0 aliphatic carbocycles. The second-order valence-electron chi connectivity index (χ2n) is 7.41. The minimum absolute atomic E-state index is 0.0815. The minimum Gasteiger partial charge on any atom is -0.336 e. The van der Waals surface area contributed by atoms with E-state index in [0.29, 0.717) is 24.5 Å². The number of imidazole rings is 2. The molecule has 4 heterocycles. The lowest BCUT2D eigenvalue weighted by molar-refractivity contribution is -0.121. The fourth-order valence-electron chi connectivity index (χ4n) is 4.62. The Balaban J connectivity index is 1.70. The summed E-state index contributed by atoms with van der Waals surface area (Å²) in [5, 5.41) is 3.02. The molecule has 8 nitrogen and oxygen atoms in total. The topological polar surface area (TPSA) is 85.1 Å². The van der Waals surface area contributed by atoms with Crippen molar-refractivity contribution in [2.75, 3.05) is 11.9 Å². The van der Waals surface area contributed by atoms with E-state index in [1.165, 1.54) is 0 Å². The van der Waals surface area contributed by atoms with Crippen LogP contribution < -0.4 is 5.32 Å². The lowest BCUT2D eigenvalue weighted by Crippen LogP contribution is -2.44. The number of nitrogens with one attached hydrogen (secondary N) is 1. The Morgan fingerprint density at radius 1 is 1.25 bits per heavy atom. The summed E-state index contributed by atoms with van der Waals surface area (Å²) in [4.78, 5) is 37.1. The van der Waals surface area contributed by atoms with Gasteiger partial charge in [-0.15, -0.1) is 0 Å². The van der Waals surface area contributed by atoms with Crippen LogP contribution in [0.25, 0.3) is 0 Å². The lowest BCUT2D eigenvalue weighted by Gasteiger charge is -2.33. The lowest BCUT2D eigenvalue weighted by atomic mass is 9.74. The number of anilines is 1. The largest absolute Gasteiger partial charge is 0.336 e. The highest BCUT2D eigenvalue weighted by Crippen LogP contribution is 2.54. The third kappa shape index (κ3) is 2.05. The summed E-state index contributed by atoms with van der Waals surface area (Å²) >= 11 is 0. The quantitative estimate of drug-likeness (QED) is 0.737. The molecule has 0 saturated carbocycles. The SMILES string of the molecule is Cn1cncc1C(=O)N1CC[C@]2(C(=O)Nc3ccccc32)[C@@H]1c1nccn1C. The van der Waals surface area contributed by atoms with Crippen LogP contribution in [0.1, 0.15) is 34.3 Å². The molecule has 2 amide bonds. The normalized spacial score (nSPS) is 23.3. The van der Waals surface area contributed by atoms with Gasteiger partial charge in [-0.2, -0.15) is 0 Å². The monoisotopic (exact) mass is 376 g/mol. The van der Waals surface area contributed by atoms with E-state index in [-0.39, 0.29) is 11.8 Å². The van der Waals surface area contributed by atoms with Crippen molar-refractivity contribution >= 4 is 17.5 Å². The zero-order valence-electron chi connectivity index (χ0n) is 15.7. The molecule has 0 radical (unpaired) electrons. The van der Waals surface area contributed by atoms with E-state index in [9.17, 15) is 9.59 Å². The van der Waals surface area contributed by atoms with Crippen LogP contribution in [0, 0.1) is 0 Å². The number of hydrogen-bond acceptors (Lipinski definition) is 4. The van der Waals surface area contributed by atoms with Crippen molar-refractivity contribution in [2.45, 2.75) is 17.9 Å². The van der Waals surface area contributed by atoms with E-state index in [4.69, 9.17) is 0 Å². The molecule has 28 heavy (non-hydrogen) atoms. The maximum atomic E-state index is 13.4. The Hall–Kier alpha value is -3.42. The van der Waals surface area contributed by atoms with Gasteiger partial charge in [0.2, 0.25) is 5.91 Å². The fraction of sp³-hybridized carbons (Fsp3) is 0.300. The summed E-state index contributed by atoms with van der Waals surface area (Å²) < 4.78 is 3.58. The maximum absolute atomic E-state index is 13.4. The summed E-state index contributed by atoms with van der Waals surface area (Å²) in [6.45, 7) is 0.462. The van der Waals surface area contributed by atoms with Gasteiger partial charge in [-0.05, 0) is 18.1 Å². The van der Waals surface area contributed by atoms with E-state index < -0.39 is 11.5 Å². The minimum atomic E-state index is -0.857. The molecule has 2 aliphatic heterocycles. The summed E-state index contributed by atoms with van der Waals surface area (Å²) in [6.07, 6.45) is 7.24. The Kier molecular flexibility index (Phi) is 3.46. The van der Waals surface area contributed by atoms with Gasteiger partial charge < -0.3 is 19.4 Å². The van der Waals surface area contributed by atoms with Gasteiger partial charge in [0.25, 0.3) is 5.91 Å². The number of aryl methyl sites for hydroxylation is 2. The molecule has 1 N–H and O–H groups in total. The summed E-state index contributed by atoms with van der Waals surface area (Å²) in [5.74, 6) is 0.462. The van der Waals surface area contributed by atoms with Crippen molar-refractivity contribution in [2.24, 2.45) is 14.1 Å². The predicted molar refractivity (Wildman–Crippen MR) is 102 cm³/mol. The van der Waals surface area contributed by atoms with Crippen LogP contribution in [-0.4, -0.2) is 42.4 Å². The van der Waals surface area contributed by atoms with E-state index in [2.05, 4.69) is 15.3 Å². The molecule has 5 rings (SSSR count).